The van der Waals surface area contributed by atoms with E-state index in [9.17, 15) is 4.79 Å². The van der Waals surface area contributed by atoms with E-state index in [0.29, 0.717) is 0 Å². The molecule has 0 saturated heterocycles. The van der Waals surface area contributed by atoms with Crippen LogP contribution in [0.1, 0.15) is 52.9 Å². The van der Waals surface area contributed by atoms with Gasteiger partial charge in [-0.3, -0.25) is 4.90 Å². The minimum Gasteiger partial charge on any atom is -0.497 e. The molecular weight excluding hydrogens is 278 g/mol. The maximum atomic E-state index is 12.7. The van der Waals surface area contributed by atoms with Crippen LogP contribution in [-0.2, 0) is 4.74 Å². The van der Waals surface area contributed by atoms with Crippen molar-refractivity contribution in [3.8, 4) is 5.75 Å². The van der Waals surface area contributed by atoms with E-state index in [1.807, 2.05) is 49.9 Å². The van der Waals surface area contributed by atoms with Gasteiger partial charge in [0.25, 0.3) is 0 Å². The molecule has 1 fully saturated rings. The van der Waals surface area contributed by atoms with Gasteiger partial charge in [0.05, 0.1) is 7.11 Å². The predicted molar refractivity (Wildman–Crippen MR) is 88.6 cm³/mol. The van der Waals surface area contributed by atoms with Crippen LogP contribution < -0.4 is 9.64 Å². The van der Waals surface area contributed by atoms with Crippen LogP contribution in [0.15, 0.2) is 24.3 Å². The fourth-order valence-corrected chi connectivity index (χ4v) is 2.86. The standard InChI is InChI=1S/C18H27NO3/c1-18(2,3)22-17(20)19(14-8-6-5-7-9-14)15-10-12-16(21-4)13-11-15/h10-14H,5-9H2,1-4H3. The Kier molecular flexibility index (Phi) is 5.33. The highest BCUT2D eigenvalue weighted by Gasteiger charge is 2.30. The zero-order valence-electron chi connectivity index (χ0n) is 14.1. The minimum atomic E-state index is -0.490. The van der Waals surface area contributed by atoms with Crippen LogP contribution in [0.25, 0.3) is 0 Å². The summed E-state index contributed by atoms with van der Waals surface area (Å²) in [6.45, 7) is 5.70. The maximum Gasteiger partial charge on any atom is 0.415 e. The molecule has 1 aliphatic carbocycles. The summed E-state index contributed by atoms with van der Waals surface area (Å²) in [5.41, 5.74) is 0.387. The van der Waals surface area contributed by atoms with Crippen molar-refractivity contribution in [2.75, 3.05) is 12.0 Å². The number of nitrogens with zero attached hydrogens (tertiary/aromatic N) is 1. The highest BCUT2D eigenvalue weighted by molar-refractivity contribution is 5.88. The monoisotopic (exact) mass is 305 g/mol. The SMILES string of the molecule is COc1ccc(N(C(=O)OC(C)(C)C)C2CCCCC2)cc1. The van der Waals surface area contributed by atoms with E-state index in [1.54, 1.807) is 7.11 Å². The second-order valence-electron chi connectivity index (χ2n) is 6.84. The van der Waals surface area contributed by atoms with Crippen LogP contribution in [0, 0.1) is 0 Å². The smallest absolute Gasteiger partial charge is 0.415 e. The van der Waals surface area contributed by atoms with E-state index in [4.69, 9.17) is 9.47 Å². The number of amides is 1. The lowest BCUT2D eigenvalue weighted by atomic mass is 9.94. The number of ether oxygens (including phenoxy) is 2. The summed E-state index contributed by atoms with van der Waals surface area (Å²) in [7, 11) is 1.64. The summed E-state index contributed by atoms with van der Waals surface area (Å²) in [5.74, 6) is 0.788. The van der Waals surface area contributed by atoms with Gasteiger partial charge >= 0.3 is 6.09 Å². The van der Waals surface area contributed by atoms with E-state index in [-0.39, 0.29) is 12.1 Å². The summed E-state index contributed by atoms with van der Waals surface area (Å²) < 4.78 is 10.8. The largest absolute Gasteiger partial charge is 0.497 e. The highest BCUT2D eigenvalue weighted by Crippen LogP contribution is 2.30. The number of hydrogen-bond donors (Lipinski definition) is 0. The first kappa shape index (κ1) is 16.7. The van der Waals surface area contributed by atoms with Crippen molar-refractivity contribution in [2.45, 2.75) is 64.5 Å². The first-order valence-corrected chi connectivity index (χ1v) is 8.07. The molecule has 0 aliphatic heterocycles. The zero-order chi connectivity index (χ0) is 16.2. The highest BCUT2D eigenvalue weighted by atomic mass is 16.6. The molecule has 0 aromatic heterocycles. The molecule has 2 rings (SSSR count). The summed E-state index contributed by atoms with van der Waals surface area (Å²) in [6.07, 6.45) is 5.39. The molecule has 22 heavy (non-hydrogen) atoms. The van der Waals surface area contributed by atoms with Gasteiger partial charge in [0.1, 0.15) is 11.4 Å². The number of carbonyl (C=O) groups excluding carboxylic acids is 1. The summed E-state index contributed by atoms with van der Waals surface area (Å²) in [5, 5.41) is 0. The van der Waals surface area contributed by atoms with Gasteiger partial charge in [0.2, 0.25) is 0 Å². The fraction of sp³-hybridized carbons (Fsp3) is 0.611. The molecule has 1 aliphatic rings. The van der Waals surface area contributed by atoms with Crippen LogP contribution in [0.4, 0.5) is 10.5 Å². The molecule has 4 nitrogen and oxygen atoms in total. The normalized spacial score (nSPS) is 16.2. The van der Waals surface area contributed by atoms with Crippen molar-refractivity contribution in [1.29, 1.82) is 0 Å². The van der Waals surface area contributed by atoms with Gasteiger partial charge in [-0.1, -0.05) is 19.3 Å². The molecule has 0 spiro atoms. The molecule has 0 N–H and O–H groups in total. The zero-order valence-corrected chi connectivity index (χ0v) is 14.1. The Balaban J connectivity index is 2.24. The number of anilines is 1. The number of methoxy groups -OCH3 is 1. The Bertz CT molecular complexity index is 484. The topological polar surface area (TPSA) is 38.8 Å². The molecule has 4 heteroatoms. The first-order chi connectivity index (χ1) is 10.4. The molecule has 0 radical (unpaired) electrons. The average Bonchev–Trinajstić information content (AvgIpc) is 2.47. The Hall–Kier alpha value is -1.71. The van der Waals surface area contributed by atoms with Gasteiger partial charge in [-0.05, 0) is 57.9 Å². The summed E-state index contributed by atoms with van der Waals surface area (Å²) in [4.78, 5) is 14.5. The Labute approximate surface area is 133 Å². The van der Waals surface area contributed by atoms with Crippen LogP contribution in [0.3, 0.4) is 0 Å². The number of rotatable bonds is 3. The molecule has 0 bridgehead atoms. The lowest BCUT2D eigenvalue weighted by Gasteiger charge is -2.35. The Morgan fingerprint density at radius 1 is 1.09 bits per heavy atom. The van der Waals surface area contributed by atoms with Gasteiger partial charge in [0, 0.05) is 11.7 Å². The molecule has 1 saturated carbocycles. The number of carbonyl (C=O) groups is 1. The lowest BCUT2D eigenvalue weighted by molar-refractivity contribution is 0.0558. The Morgan fingerprint density at radius 3 is 2.18 bits per heavy atom. The summed E-state index contributed by atoms with van der Waals surface area (Å²) >= 11 is 0. The second-order valence-corrected chi connectivity index (χ2v) is 6.84. The van der Waals surface area contributed by atoms with Crippen molar-refractivity contribution in [1.82, 2.24) is 0 Å². The predicted octanol–water partition coefficient (Wildman–Crippen LogP) is 4.77. The second kappa shape index (κ2) is 7.03. The third-order valence-corrected chi connectivity index (χ3v) is 3.88. The lowest BCUT2D eigenvalue weighted by Crippen LogP contribution is -2.44. The van der Waals surface area contributed by atoms with Crippen LogP contribution in [0.2, 0.25) is 0 Å². The first-order valence-electron chi connectivity index (χ1n) is 8.07. The van der Waals surface area contributed by atoms with Gasteiger partial charge in [-0.2, -0.15) is 0 Å². The third-order valence-electron chi connectivity index (χ3n) is 3.88. The van der Waals surface area contributed by atoms with Gasteiger partial charge in [-0.15, -0.1) is 0 Å². The maximum absolute atomic E-state index is 12.7. The van der Waals surface area contributed by atoms with E-state index < -0.39 is 5.60 Å². The van der Waals surface area contributed by atoms with Crippen molar-refractivity contribution in [3.63, 3.8) is 0 Å². The fourth-order valence-electron chi connectivity index (χ4n) is 2.86. The van der Waals surface area contributed by atoms with E-state index in [1.165, 1.54) is 19.3 Å². The Morgan fingerprint density at radius 2 is 1.68 bits per heavy atom. The number of benzene rings is 1. The molecule has 122 valence electrons. The summed E-state index contributed by atoms with van der Waals surface area (Å²) in [6, 6.07) is 7.84. The van der Waals surface area contributed by atoms with E-state index in [0.717, 1.165) is 24.3 Å². The van der Waals surface area contributed by atoms with Crippen LogP contribution in [0.5, 0.6) is 5.75 Å². The molecule has 0 unspecified atom stereocenters. The van der Waals surface area contributed by atoms with Crippen LogP contribution >= 0.6 is 0 Å². The van der Waals surface area contributed by atoms with Crippen molar-refractivity contribution in [2.24, 2.45) is 0 Å². The van der Waals surface area contributed by atoms with E-state index in [2.05, 4.69) is 0 Å². The van der Waals surface area contributed by atoms with E-state index >= 15 is 0 Å². The van der Waals surface area contributed by atoms with Crippen molar-refractivity contribution >= 4 is 11.8 Å². The number of hydrogen-bond acceptors (Lipinski definition) is 3. The molecule has 0 atom stereocenters. The molecule has 0 heterocycles. The van der Waals surface area contributed by atoms with Crippen molar-refractivity contribution in [3.05, 3.63) is 24.3 Å². The third kappa shape index (κ3) is 4.39. The average molecular weight is 305 g/mol. The quantitative estimate of drug-likeness (QED) is 0.807. The minimum absolute atomic E-state index is 0.219. The molecule has 1 aromatic carbocycles. The van der Waals surface area contributed by atoms with Gasteiger partial charge in [-0.25, -0.2) is 4.79 Å². The van der Waals surface area contributed by atoms with Crippen LogP contribution in [-0.4, -0.2) is 24.8 Å². The molecule has 1 amide bonds. The van der Waals surface area contributed by atoms with Gasteiger partial charge < -0.3 is 9.47 Å². The van der Waals surface area contributed by atoms with Crippen molar-refractivity contribution < 1.29 is 14.3 Å². The molecule has 1 aromatic rings. The molecular formula is C18H27NO3. The van der Waals surface area contributed by atoms with Gasteiger partial charge in [0.15, 0.2) is 0 Å².